The van der Waals surface area contributed by atoms with Crippen molar-refractivity contribution in [3.05, 3.63) is 29.3 Å². The lowest BCUT2D eigenvalue weighted by molar-refractivity contribution is 0.0665. The van der Waals surface area contributed by atoms with Crippen LogP contribution >= 0.6 is 0 Å². The molecule has 3 heteroatoms. The third-order valence-electron chi connectivity index (χ3n) is 1.93. The number of carbonyl (C=O) groups excluding carboxylic acids is 1. The third kappa shape index (κ3) is 1.08. The standard InChI is InChI=1S/C9H9NO2/c10-7-2-1-6-4-12-5-9(11)8(6)3-7/h1-3H,4-5,10H2. The Morgan fingerprint density at radius 2 is 2.17 bits per heavy atom. The molecule has 62 valence electrons. The van der Waals surface area contributed by atoms with Crippen molar-refractivity contribution in [1.82, 2.24) is 0 Å². The molecule has 1 aliphatic rings. The van der Waals surface area contributed by atoms with E-state index in [0.29, 0.717) is 17.9 Å². The molecule has 0 aliphatic carbocycles. The van der Waals surface area contributed by atoms with Crippen molar-refractivity contribution in [2.45, 2.75) is 6.61 Å². The van der Waals surface area contributed by atoms with Gasteiger partial charge in [0.1, 0.15) is 6.61 Å². The van der Waals surface area contributed by atoms with Gasteiger partial charge in [0.15, 0.2) is 5.78 Å². The van der Waals surface area contributed by atoms with Crippen LogP contribution in [0.1, 0.15) is 15.9 Å². The van der Waals surface area contributed by atoms with E-state index in [4.69, 9.17) is 10.5 Å². The molecule has 0 saturated carbocycles. The molecule has 1 aromatic rings. The number of rotatable bonds is 0. The molecule has 1 aliphatic heterocycles. The van der Waals surface area contributed by atoms with E-state index in [-0.39, 0.29) is 12.4 Å². The molecule has 1 heterocycles. The van der Waals surface area contributed by atoms with E-state index < -0.39 is 0 Å². The summed E-state index contributed by atoms with van der Waals surface area (Å²) in [6, 6.07) is 5.32. The minimum absolute atomic E-state index is 0.0172. The summed E-state index contributed by atoms with van der Waals surface area (Å²) >= 11 is 0. The first-order chi connectivity index (χ1) is 5.77. The van der Waals surface area contributed by atoms with Gasteiger partial charge in [-0.2, -0.15) is 0 Å². The number of hydrogen-bond donors (Lipinski definition) is 1. The quantitative estimate of drug-likeness (QED) is 0.580. The number of nitrogen functional groups attached to an aromatic ring is 1. The molecule has 0 radical (unpaired) electrons. The molecule has 0 amide bonds. The van der Waals surface area contributed by atoms with Gasteiger partial charge in [-0.1, -0.05) is 6.07 Å². The van der Waals surface area contributed by atoms with Gasteiger partial charge in [0, 0.05) is 11.3 Å². The topological polar surface area (TPSA) is 52.3 Å². The number of carbonyl (C=O) groups is 1. The molecule has 3 nitrogen and oxygen atoms in total. The first-order valence-electron chi connectivity index (χ1n) is 3.77. The van der Waals surface area contributed by atoms with E-state index >= 15 is 0 Å². The van der Waals surface area contributed by atoms with Crippen molar-refractivity contribution in [3.8, 4) is 0 Å². The summed E-state index contributed by atoms with van der Waals surface area (Å²) in [6.45, 7) is 0.692. The summed E-state index contributed by atoms with van der Waals surface area (Å²) in [5, 5.41) is 0. The van der Waals surface area contributed by atoms with Crippen LogP contribution in [0.4, 0.5) is 5.69 Å². The predicted molar refractivity (Wildman–Crippen MR) is 44.8 cm³/mol. The zero-order valence-corrected chi connectivity index (χ0v) is 6.54. The predicted octanol–water partition coefficient (Wildman–Crippen LogP) is 0.982. The minimum atomic E-state index is 0.0172. The fourth-order valence-corrected chi connectivity index (χ4v) is 1.31. The monoisotopic (exact) mass is 163 g/mol. The van der Waals surface area contributed by atoms with Crippen LogP contribution in [-0.2, 0) is 11.3 Å². The van der Waals surface area contributed by atoms with Crippen molar-refractivity contribution < 1.29 is 9.53 Å². The summed E-state index contributed by atoms with van der Waals surface area (Å²) in [7, 11) is 0. The Hall–Kier alpha value is -1.35. The highest BCUT2D eigenvalue weighted by Gasteiger charge is 2.16. The Bertz CT molecular complexity index is 333. The lowest BCUT2D eigenvalue weighted by atomic mass is 10.0. The summed E-state index contributed by atoms with van der Waals surface area (Å²) in [6.07, 6.45) is 0. The second-order valence-corrected chi connectivity index (χ2v) is 2.83. The lowest BCUT2D eigenvalue weighted by Gasteiger charge is -2.14. The van der Waals surface area contributed by atoms with Gasteiger partial charge in [-0.15, -0.1) is 0 Å². The van der Waals surface area contributed by atoms with Gasteiger partial charge < -0.3 is 10.5 Å². The molecule has 0 saturated heterocycles. The van der Waals surface area contributed by atoms with E-state index in [1.54, 1.807) is 12.1 Å². The molecular formula is C9H9NO2. The van der Waals surface area contributed by atoms with Gasteiger partial charge in [-0.25, -0.2) is 0 Å². The van der Waals surface area contributed by atoms with Gasteiger partial charge >= 0.3 is 0 Å². The van der Waals surface area contributed by atoms with E-state index in [1.165, 1.54) is 0 Å². The van der Waals surface area contributed by atoms with Gasteiger partial charge in [-0.3, -0.25) is 4.79 Å². The van der Waals surface area contributed by atoms with Crippen LogP contribution in [0.5, 0.6) is 0 Å². The number of Topliss-reactive ketones (excluding diaryl/α,β-unsaturated/α-hetero) is 1. The Labute approximate surface area is 70.1 Å². The van der Waals surface area contributed by atoms with Crippen molar-refractivity contribution in [2.75, 3.05) is 12.3 Å². The summed E-state index contributed by atoms with van der Waals surface area (Å²) in [5.74, 6) is 0.0172. The maximum absolute atomic E-state index is 11.3. The summed E-state index contributed by atoms with van der Waals surface area (Å²) in [4.78, 5) is 11.3. The Morgan fingerprint density at radius 3 is 3.00 bits per heavy atom. The number of ketones is 1. The number of benzene rings is 1. The molecule has 0 unspecified atom stereocenters. The average molecular weight is 163 g/mol. The van der Waals surface area contributed by atoms with Crippen molar-refractivity contribution >= 4 is 11.5 Å². The van der Waals surface area contributed by atoms with Crippen LogP contribution in [0.25, 0.3) is 0 Å². The average Bonchev–Trinajstić information content (AvgIpc) is 2.07. The number of fused-ring (bicyclic) bond motifs is 1. The van der Waals surface area contributed by atoms with Crippen LogP contribution in [0.3, 0.4) is 0 Å². The number of hydrogen-bond acceptors (Lipinski definition) is 3. The lowest BCUT2D eigenvalue weighted by Crippen LogP contribution is -2.18. The fourth-order valence-electron chi connectivity index (χ4n) is 1.31. The SMILES string of the molecule is Nc1ccc2c(c1)C(=O)COC2. The third-order valence-corrected chi connectivity index (χ3v) is 1.93. The van der Waals surface area contributed by atoms with Gasteiger partial charge in [-0.05, 0) is 17.7 Å². The zero-order valence-electron chi connectivity index (χ0n) is 6.54. The molecule has 0 bridgehead atoms. The highest BCUT2D eigenvalue weighted by molar-refractivity contribution is 5.99. The molecule has 0 atom stereocenters. The highest BCUT2D eigenvalue weighted by Crippen LogP contribution is 2.18. The minimum Gasteiger partial charge on any atom is -0.399 e. The molecular weight excluding hydrogens is 154 g/mol. The van der Waals surface area contributed by atoms with Crippen LogP contribution < -0.4 is 5.73 Å². The highest BCUT2D eigenvalue weighted by atomic mass is 16.5. The fraction of sp³-hybridized carbons (Fsp3) is 0.222. The van der Waals surface area contributed by atoms with Crippen molar-refractivity contribution in [2.24, 2.45) is 0 Å². The molecule has 2 N–H and O–H groups in total. The molecule has 0 spiro atoms. The van der Waals surface area contributed by atoms with Crippen LogP contribution in [-0.4, -0.2) is 12.4 Å². The Kier molecular flexibility index (Phi) is 1.59. The summed E-state index contributed by atoms with van der Waals surface area (Å²) in [5.41, 5.74) is 7.82. The first kappa shape index (κ1) is 7.31. The summed E-state index contributed by atoms with van der Waals surface area (Å²) < 4.78 is 5.06. The molecule has 0 fully saturated rings. The molecule has 12 heavy (non-hydrogen) atoms. The maximum Gasteiger partial charge on any atom is 0.188 e. The normalized spacial score (nSPS) is 15.8. The van der Waals surface area contributed by atoms with Crippen LogP contribution in [0, 0.1) is 0 Å². The molecule has 0 aromatic heterocycles. The van der Waals surface area contributed by atoms with Crippen LogP contribution in [0.2, 0.25) is 0 Å². The smallest absolute Gasteiger partial charge is 0.188 e. The second-order valence-electron chi connectivity index (χ2n) is 2.83. The van der Waals surface area contributed by atoms with E-state index in [9.17, 15) is 4.79 Å². The first-order valence-corrected chi connectivity index (χ1v) is 3.77. The molecule has 2 rings (SSSR count). The molecule has 1 aromatic carbocycles. The number of anilines is 1. The van der Waals surface area contributed by atoms with Crippen LogP contribution in [0.15, 0.2) is 18.2 Å². The van der Waals surface area contributed by atoms with Gasteiger partial charge in [0.25, 0.3) is 0 Å². The zero-order chi connectivity index (χ0) is 8.55. The Balaban J connectivity index is 2.54. The number of ether oxygens (including phenoxy) is 1. The van der Waals surface area contributed by atoms with Gasteiger partial charge in [0.2, 0.25) is 0 Å². The van der Waals surface area contributed by atoms with Gasteiger partial charge in [0.05, 0.1) is 6.61 Å². The van der Waals surface area contributed by atoms with E-state index in [0.717, 1.165) is 5.56 Å². The number of nitrogens with two attached hydrogens (primary N) is 1. The Morgan fingerprint density at radius 1 is 1.33 bits per heavy atom. The van der Waals surface area contributed by atoms with E-state index in [2.05, 4.69) is 0 Å². The maximum atomic E-state index is 11.3. The largest absolute Gasteiger partial charge is 0.399 e. The van der Waals surface area contributed by atoms with Crippen molar-refractivity contribution in [3.63, 3.8) is 0 Å². The second kappa shape index (κ2) is 2.60. The van der Waals surface area contributed by atoms with E-state index in [1.807, 2.05) is 6.07 Å². The van der Waals surface area contributed by atoms with Crippen molar-refractivity contribution in [1.29, 1.82) is 0 Å².